The number of rotatable bonds is 3. The Balaban J connectivity index is 1.47. The summed E-state index contributed by atoms with van der Waals surface area (Å²) < 4.78 is 49.5. The molecule has 2 aromatic heterocycles. The molecule has 154 valence electrons. The topological polar surface area (TPSA) is 63.7 Å². The Bertz CT molecular complexity index is 1300. The van der Waals surface area contributed by atoms with E-state index in [1.807, 2.05) is 0 Å². The molecule has 2 aromatic carbocycles. The molecule has 31 heavy (non-hydrogen) atoms. The normalized spacial score (nSPS) is 13.7. The third-order valence-electron chi connectivity index (χ3n) is 4.99. The Labute approximate surface area is 173 Å². The van der Waals surface area contributed by atoms with Crippen LogP contribution in [-0.4, -0.2) is 11.8 Å². The molecular weight excluding hydrogens is 411 g/mol. The first-order valence-electron chi connectivity index (χ1n) is 9.17. The molecule has 5 nitrogen and oxygen atoms in total. The first-order valence-corrected chi connectivity index (χ1v) is 9.17. The van der Waals surface area contributed by atoms with Crippen LogP contribution in [0, 0.1) is 0 Å². The van der Waals surface area contributed by atoms with Crippen molar-refractivity contribution < 1.29 is 31.6 Å². The van der Waals surface area contributed by atoms with E-state index >= 15 is 0 Å². The summed E-state index contributed by atoms with van der Waals surface area (Å²) in [5.41, 5.74) is 0.107. The molecule has 1 aliphatic heterocycles. The molecule has 0 atom stereocenters. The van der Waals surface area contributed by atoms with Gasteiger partial charge in [-0.05, 0) is 60.7 Å². The largest absolute Gasteiger partial charge is 0.461 e. The van der Waals surface area contributed by atoms with Crippen LogP contribution in [0.3, 0.4) is 0 Å². The Kier molecular flexibility index (Phi) is 4.11. The number of carbonyl (C=O) groups excluding carboxylic acids is 2. The first kappa shape index (κ1) is 18.9. The predicted molar refractivity (Wildman–Crippen MR) is 104 cm³/mol. The zero-order valence-electron chi connectivity index (χ0n) is 15.6. The van der Waals surface area contributed by atoms with Gasteiger partial charge in [-0.3, -0.25) is 9.59 Å². The SMILES string of the molecule is O=C1c2ccc(-c3ccc(-c4ccco4)o3)cc2C(=O)N1c1ccc(C(F)(F)F)cc1. The number of benzene rings is 2. The van der Waals surface area contributed by atoms with E-state index in [0.29, 0.717) is 22.8 Å². The first-order chi connectivity index (χ1) is 14.8. The zero-order valence-corrected chi connectivity index (χ0v) is 15.6. The fourth-order valence-electron chi connectivity index (χ4n) is 3.47. The van der Waals surface area contributed by atoms with Crippen LogP contribution in [0.4, 0.5) is 18.9 Å². The van der Waals surface area contributed by atoms with Crippen LogP contribution in [0.15, 0.2) is 81.8 Å². The van der Waals surface area contributed by atoms with E-state index in [1.165, 1.54) is 18.4 Å². The summed E-state index contributed by atoms with van der Waals surface area (Å²) in [5.74, 6) is 0.324. The highest BCUT2D eigenvalue weighted by molar-refractivity contribution is 6.34. The number of fused-ring (bicyclic) bond motifs is 1. The molecule has 0 fully saturated rings. The summed E-state index contributed by atoms with van der Waals surface area (Å²) in [5, 5.41) is 0. The summed E-state index contributed by atoms with van der Waals surface area (Å²) in [6.45, 7) is 0. The van der Waals surface area contributed by atoms with Crippen LogP contribution in [0.2, 0.25) is 0 Å². The third-order valence-corrected chi connectivity index (χ3v) is 4.99. The fourth-order valence-corrected chi connectivity index (χ4v) is 3.47. The van der Waals surface area contributed by atoms with Gasteiger partial charge < -0.3 is 8.83 Å². The Morgan fingerprint density at radius 2 is 1.45 bits per heavy atom. The van der Waals surface area contributed by atoms with Gasteiger partial charge in [0.25, 0.3) is 11.8 Å². The van der Waals surface area contributed by atoms with Crippen molar-refractivity contribution in [2.24, 2.45) is 0 Å². The van der Waals surface area contributed by atoms with Gasteiger partial charge in [0.2, 0.25) is 0 Å². The average molecular weight is 423 g/mol. The van der Waals surface area contributed by atoms with E-state index in [2.05, 4.69) is 0 Å². The van der Waals surface area contributed by atoms with Gasteiger partial charge in [-0.2, -0.15) is 13.2 Å². The van der Waals surface area contributed by atoms with Crippen LogP contribution in [0.25, 0.3) is 22.8 Å². The Hall–Kier alpha value is -4.07. The lowest BCUT2D eigenvalue weighted by molar-refractivity contribution is -0.137. The highest BCUT2D eigenvalue weighted by atomic mass is 19.4. The molecule has 0 N–H and O–H groups in total. The second-order valence-electron chi connectivity index (χ2n) is 6.89. The van der Waals surface area contributed by atoms with Crippen LogP contribution in [-0.2, 0) is 6.18 Å². The molecule has 3 heterocycles. The summed E-state index contributed by atoms with van der Waals surface area (Å²) in [6, 6.07) is 15.5. The summed E-state index contributed by atoms with van der Waals surface area (Å²) in [4.78, 5) is 26.5. The van der Waals surface area contributed by atoms with E-state index in [1.54, 1.807) is 30.3 Å². The van der Waals surface area contributed by atoms with Crippen LogP contribution in [0.1, 0.15) is 26.3 Å². The minimum atomic E-state index is -4.51. The van der Waals surface area contributed by atoms with Gasteiger partial charge in [-0.1, -0.05) is 6.07 Å². The number of carbonyl (C=O) groups is 2. The number of alkyl halides is 3. The molecule has 2 amide bonds. The van der Waals surface area contributed by atoms with E-state index in [4.69, 9.17) is 8.83 Å². The molecule has 8 heteroatoms. The summed E-state index contributed by atoms with van der Waals surface area (Å²) >= 11 is 0. The number of nitrogens with zero attached hydrogens (tertiary/aromatic N) is 1. The molecule has 0 bridgehead atoms. The lowest BCUT2D eigenvalue weighted by Gasteiger charge is -2.15. The standard InChI is InChI=1S/C23H12F3NO4/c24-23(25,26)14-4-6-15(7-5-14)27-21(28)16-8-3-13(12-17(16)22(27)29)18-9-10-20(31-18)19-2-1-11-30-19/h1-12H. The van der Waals surface area contributed by atoms with Crippen LogP contribution in [0.5, 0.6) is 0 Å². The zero-order chi connectivity index (χ0) is 21.8. The molecule has 0 radical (unpaired) electrons. The van der Waals surface area contributed by atoms with Gasteiger partial charge in [-0.15, -0.1) is 0 Å². The fraction of sp³-hybridized carbons (Fsp3) is 0.0435. The highest BCUT2D eigenvalue weighted by Gasteiger charge is 2.38. The van der Waals surface area contributed by atoms with E-state index in [9.17, 15) is 22.8 Å². The quantitative estimate of drug-likeness (QED) is 0.378. The number of furan rings is 2. The van der Waals surface area contributed by atoms with Crippen LogP contribution >= 0.6 is 0 Å². The van der Waals surface area contributed by atoms with Crippen molar-refractivity contribution >= 4 is 17.5 Å². The van der Waals surface area contributed by atoms with Gasteiger partial charge in [0.15, 0.2) is 11.5 Å². The number of hydrogen-bond acceptors (Lipinski definition) is 4. The van der Waals surface area contributed by atoms with Crippen molar-refractivity contribution in [3.8, 4) is 22.8 Å². The number of imide groups is 1. The molecule has 0 saturated heterocycles. The number of amides is 2. The van der Waals surface area contributed by atoms with Gasteiger partial charge in [0.1, 0.15) is 5.76 Å². The Morgan fingerprint density at radius 1 is 0.742 bits per heavy atom. The maximum Gasteiger partial charge on any atom is 0.416 e. The number of anilines is 1. The van der Waals surface area contributed by atoms with Crippen molar-refractivity contribution in [2.75, 3.05) is 4.90 Å². The summed E-state index contributed by atoms with van der Waals surface area (Å²) in [6.07, 6.45) is -2.99. The van der Waals surface area contributed by atoms with Crippen molar-refractivity contribution in [3.05, 3.63) is 89.7 Å². The lowest BCUT2D eigenvalue weighted by atomic mass is 10.0. The van der Waals surface area contributed by atoms with E-state index < -0.39 is 23.6 Å². The molecular formula is C23H12F3NO4. The van der Waals surface area contributed by atoms with Crippen LogP contribution < -0.4 is 4.90 Å². The molecule has 1 aliphatic rings. The minimum Gasteiger partial charge on any atom is -0.461 e. The molecule has 0 unspecified atom stereocenters. The summed E-state index contributed by atoms with van der Waals surface area (Å²) in [7, 11) is 0. The van der Waals surface area contributed by atoms with Crippen molar-refractivity contribution in [3.63, 3.8) is 0 Å². The second kappa shape index (κ2) is 6.73. The molecule has 5 rings (SSSR count). The lowest BCUT2D eigenvalue weighted by Crippen LogP contribution is -2.29. The van der Waals surface area contributed by atoms with Gasteiger partial charge in [0, 0.05) is 5.56 Å². The highest BCUT2D eigenvalue weighted by Crippen LogP contribution is 2.35. The molecule has 0 spiro atoms. The maximum atomic E-state index is 12.9. The third kappa shape index (κ3) is 3.13. The smallest absolute Gasteiger partial charge is 0.416 e. The average Bonchev–Trinajstić information content (AvgIpc) is 3.48. The minimum absolute atomic E-state index is 0.0684. The molecule has 0 saturated carbocycles. The van der Waals surface area contributed by atoms with E-state index in [0.717, 1.165) is 29.2 Å². The van der Waals surface area contributed by atoms with E-state index in [-0.39, 0.29) is 16.8 Å². The molecule has 0 aliphatic carbocycles. The Morgan fingerprint density at radius 3 is 2.13 bits per heavy atom. The van der Waals surface area contributed by atoms with Gasteiger partial charge >= 0.3 is 6.18 Å². The predicted octanol–water partition coefficient (Wildman–Crippen LogP) is 6.03. The van der Waals surface area contributed by atoms with Crippen molar-refractivity contribution in [2.45, 2.75) is 6.18 Å². The maximum absolute atomic E-state index is 12.9. The number of hydrogen-bond donors (Lipinski definition) is 0. The molecule has 4 aromatic rings. The van der Waals surface area contributed by atoms with Crippen molar-refractivity contribution in [1.82, 2.24) is 0 Å². The number of halogens is 3. The monoisotopic (exact) mass is 423 g/mol. The van der Waals surface area contributed by atoms with Crippen molar-refractivity contribution in [1.29, 1.82) is 0 Å². The second-order valence-corrected chi connectivity index (χ2v) is 6.89. The van der Waals surface area contributed by atoms with Gasteiger partial charge in [-0.25, -0.2) is 4.90 Å². The van der Waals surface area contributed by atoms with Gasteiger partial charge in [0.05, 0.1) is 28.6 Å².